The largest absolute Gasteiger partial charge is 0.370 e. The number of carbonyl (C=O) groups excluding carboxylic acids is 1. The number of anilines is 2. The summed E-state index contributed by atoms with van der Waals surface area (Å²) in [6.07, 6.45) is 6.74. The molecule has 130 valence electrons. The number of nitrogens with zero attached hydrogens (tertiary/aromatic N) is 4. The number of rotatable bonds is 7. The molecule has 0 bridgehead atoms. The van der Waals surface area contributed by atoms with Crippen LogP contribution in [0.2, 0.25) is 0 Å². The molecule has 7 heteroatoms. The van der Waals surface area contributed by atoms with E-state index < -0.39 is 0 Å². The topological polar surface area (TPSA) is 86.8 Å². The molecule has 0 radical (unpaired) electrons. The molecule has 2 heterocycles. The lowest BCUT2D eigenvalue weighted by molar-refractivity contribution is 0.102. The van der Waals surface area contributed by atoms with Crippen molar-refractivity contribution in [3.63, 3.8) is 0 Å². The average Bonchev–Trinajstić information content (AvgIpc) is 3.09. The third-order valence-corrected chi connectivity index (χ3v) is 3.95. The first-order valence-electron chi connectivity index (χ1n) is 8.52. The van der Waals surface area contributed by atoms with E-state index in [1.165, 1.54) is 6.33 Å². The molecule has 0 fully saturated rings. The number of benzene rings is 1. The second kappa shape index (κ2) is 7.74. The van der Waals surface area contributed by atoms with Crippen LogP contribution < -0.4 is 10.2 Å². The van der Waals surface area contributed by atoms with Gasteiger partial charge in [-0.05, 0) is 31.0 Å². The molecule has 0 aliphatic heterocycles. The predicted molar refractivity (Wildman–Crippen MR) is 98.9 cm³/mol. The number of carbonyl (C=O) groups is 1. The number of hydrogen-bond acceptors (Lipinski definition) is 5. The van der Waals surface area contributed by atoms with Crippen molar-refractivity contribution in [2.24, 2.45) is 0 Å². The van der Waals surface area contributed by atoms with E-state index in [0.29, 0.717) is 5.69 Å². The Morgan fingerprint density at radius 1 is 1.24 bits per heavy atom. The average molecular weight is 338 g/mol. The van der Waals surface area contributed by atoms with Crippen molar-refractivity contribution in [2.45, 2.75) is 26.7 Å². The molecule has 25 heavy (non-hydrogen) atoms. The molecule has 0 atom stereocenters. The second-order valence-electron chi connectivity index (χ2n) is 5.86. The molecule has 0 saturated carbocycles. The van der Waals surface area contributed by atoms with Crippen LogP contribution in [0.1, 0.15) is 37.2 Å². The zero-order valence-electron chi connectivity index (χ0n) is 14.5. The van der Waals surface area contributed by atoms with Crippen LogP contribution in [0.4, 0.5) is 11.4 Å². The Labute approximate surface area is 146 Å². The van der Waals surface area contributed by atoms with Crippen LogP contribution in [-0.2, 0) is 0 Å². The van der Waals surface area contributed by atoms with E-state index in [2.05, 4.69) is 44.2 Å². The van der Waals surface area contributed by atoms with Gasteiger partial charge in [-0.15, -0.1) is 0 Å². The number of H-pyrrole nitrogens is 1. The summed E-state index contributed by atoms with van der Waals surface area (Å²) in [6.45, 7) is 6.14. The van der Waals surface area contributed by atoms with Crippen molar-refractivity contribution in [2.75, 3.05) is 23.3 Å². The lowest BCUT2D eigenvalue weighted by Gasteiger charge is -2.26. The molecular formula is C18H22N6O. The van der Waals surface area contributed by atoms with Crippen LogP contribution in [0.5, 0.6) is 0 Å². The van der Waals surface area contributed by atoms with E-state index in [-0.39, 0.29) is 5.91 Å². The molecule has 7 nitrogen and oxygen atoms in total. The maximum Gasteiger partial charge on any atom is 0.274 e. The first-order valence-corrected chi connectivity index (χ1v) is 8.52. The summed E-state index contributed by atoms with van der Waals surface area (Å²) in [5, 5.41) is 11.0. The molecule has 0 spiro atoms. The van der Waals surface area contributed by atoms with Crippen molar-refractivity contribution < 1.29 is 4.79 Å². The molecule has 1 aromatic carbocycles. The highest BCUT2D eigenvalue weighted by molar-refractivity contribution is 6.06. The quantitative estimate of drug-likeness (QED) is 0.690. The highest BCUT2D eigenvalue weighted by Crippen LogP contribution is 2.31. The number of aromatic amines is 1. The summed E-state index contributed by atoms with van der Waals surface area (Å²) < 4.78 is 0. The first kappa shape index (κ1) is 16.9. The highest BCUT2D eigenvalue weighted by Gasteiger charge is 2.16. The van der Waals surface area contributed by atoms with Gasteiger partial charge in [0.15, 0.2) is 0 Å². The van der Waals surface area contributed by atoms with E-state index in [9.17, 15) is 4.79 Å². The van der Waals surface area contributed by atoms with Crippen molar-refractivity contribution in [3.8, 4) is 0 Å². The monoisotopic (exact) mass is 338 g/mol. The molecule has 2 aromatic heterocycles. The molecular weight excluding hydrogens is 316 g/mol. The third kappa shape index (κ3) is 3.76. The summed E-state index contributed by atoms with van der Waals surface area (Å²) in [6, 6.07) is 5.59. The fraction of sp³-hybridized carbons (Fsp3) is 0.333. The summed E-state index contributed by atoms with van der Waals surface area (Å²) in [7, 11) is 0. The fourth-order valence-corrected chi connectivity index (χ4v) is 2.85. The van der Waals surface area contributed by atoms with Crippen LogP contribution in [0, 0.1) is 0 Å². The van der Waals surface area contributed by atoms with Crippen molar-refractivity contribution >= 4 is 28.2 Å². The van der Waals surface area contributed by atoms with Gasteiger partial charge >= 0.3 is 0 Å². The van der Waals surface area contributed by atoms with Gasteiger partial charge in [-0.1, -0.05) is 13.8 Å². The van der Waals surface area contributed by atoms with Gasteiger partial charge in [0, 0.05) is 24.7 Å². The van der Waals surface area contributed by atoms with E-state index in [1.807, 2.05) is 12.1 Å². The smallest absolute Gasteiger partial charge is 0.274 e. The maximum absolute atomic E-state index is 12.5. The van der Waals surface area contributed by atoms with Crippen molar-refractivity contribution in [1.82, 2.24) is 20.2 Å². The van der Waals surface area contributed by atoms with Gasteiger partial charge < -0.3 is 10.2 Å². The molecule has 2 N–H and O–H groups in total. The minimum atomic E-state index is -0.251. The molecule has 0 aliphatic carbocycles. The minimum Gasteiger partial charge on any atom is -0.370 e. The van der Waals surface area contributed by atoms with Gasteiger partial charge in [0.2, 0.25) is 0 Å². The molecule has 0 unspecified atom stereocenters. The number of amides is 1. The SMILES string of the molecule is CCCN(CCC)c1cc2[nH]ncc2cc1NC(=O)c1ccncn1. The van der Waals surface area contributed by atoms with E-state index >= 15 is 0 Å². The molecule has 0 saturated heterocycles. The Bertz CT molecular complexity index is 839. The summed E-state index contributed by atoms with van der Waals surface area (Å²) in [5.41, 5.74) is 3.04. The first-order chi connectivity index (χ1) is 12.2. The van der Waals surface area contributed by atoms with Crippen molar-refractivity contribution in [3.05, 3.63) is 42.6 Å². The van der Waals surface area contributed by atoms with Gasteiger partial charge in [-0.2, -0.15) is 5.10 Å². The zero-order chi connectivity index (χ0) is 17.6. The Hall–Kier alpha value is -2.96. The molecule has 3 rings (SSSR count). The Kier molecular flexibility index (Phi) is 5.23. The zero-order valence-corrected chi connectivity index (χ0v) is 14.5. The Morgan fingerprint density at radius 3 is 2.72 bits per heavy atom. The summed E-state index contributed by atoms with van der Waals surface area (Å²) >= 11 is 0. The van der Waals surface area contributed by atoms with Gasteiger partial charge in [0.25, 0.3) is 5.91 Å². The molecule has 1 amide bonds. The highest BCUT2D eigenvalue weighted by atomic mass is 16.1. The number of nitrogens with one attached hydrogen (secondary N) is 2. The third-order valence-electron chi connectivity index (χ3n) is 3.95. The standard InChI is InChI=1S/C18H22N6O/c1-3-7-24(8-4-2)17-10-15-13(11-21-23-15)9-16(17)22-18(25)14-5-6-19-12-20-14/h5-6,9-12H,3-4,7-8H2,1-2H3,(H,21,23)(H,22,25). The second-order valence-corrected chi connectivity index (χ2v) is 5.86. The van der Waals surface area contributed by atoms with Gasteiger partial charge in [0.1, 0.15) is 12.0 Å². The van der Waals surface area contributed by atoms with Crippen LogP contribution in [-0.4, -0.2) is 39.2 Å². The van der Waals surface area contributed by atoms with Gasteiger partial charge in [0.05, 0.1) is 23.1 Å². The van der Waals surface area contributed by atoms with Crippen molar-refractivity contribution in [1.29, 1.82) is 0 Å². The van der Waals surface area contributed by atoms with Crippen LogP contribution in [0.3, 0.4) is 0 Å². The van der Waals surface area contributed by atoms with Gasteiger partial charge in [-0.25, -0.2) is 9.97 Å². The van der Waals surface area contributed by atoms with E-state index in [0.717, 1.165) is 48.2 Å². The Balaban J connectivity index is 1.99. The maximum atomic E-state index is 12.5. The summed E-state index contributed by atoms with van der Waals surface area (Å²) in [5.74, 6) is -0.251. The van der Waals surface area contributed by atoms with Crippen LogP contribution in [0.15, 0.2) is 36.9 Å². The van der Waals surface area contributed by atoms with Crippen LogP contribution >= 0.6 is 0 Å². The number of aromatic nitrogens is 4. The Morgan fingerprint density at radius 2 is 2.04 bits per heavy atom. The molecule has 0 aliphatic rings. The van der Waals surface area contributed by atoms with E-state index in [4.69, 9.17) is 0 Å². The molecule has 3 aromatic rings. The normalized spacial score (nSPS) is 10.8. The summed E-state index contributed by atoms with van der Waals surface area (Å²) in [4.78, 5) is 22.7. The van der Waals surface area contributed by atoms with Crippen LogP contribution in [0.25, 0.3) is 10.9 Å². The fourth-order valence-electron chi connectivity index (χ4n) is 2.85. The van der Waals surface area contributed by atoms with E-state index in [1.54, 1.807) is 18.5 Å². The number of hydrogen-bond donors (Lipinski definition) is 2. The predicted octanol–water partition coefficient (Wildman–Crippen LogP) is 3.23. The minimum absolute atomic E-state index is 0.251. The number of fused-ring (bicyclic) bond motifs is 1. The lowest BCUT2D eigenvalue weighted by atomic mass is 10.1. The lowest BCUT2D eigenvalue weighted by Crippen LogP contribution is -2.26. The van der Waals surface area contributed by atoms with Gasteiger partial charge in [-0.3, -0.25) is 9.89 Å².